The topological polar surface area (TPSA) is 41.6 Å². The molecule has 4 heteroatoms. The molecule has 2 N–H and O–H groups in total. The number of nitrogens with zero attached hydrogens (tertiary/aromatic N) is 2. The molecule has 1 aromatic rings. The second-order valence-corrected chi connectivity index (χ2v) is 6.08. The van der Waals surface area contributed by atoms with Crippen LogP contribution in [0.1, 0.15) is 31.7 Å². The molecule has 0 aliphatic carbocycles. The van der Waals surface area contributed by atoms with Crippen molar-refractivity contribution >= 4 is 17.6 Å². The zero-order chi connectivity index (χ0) is 14.4. The highest BCUT2D eigenvalue weighted by Gasteiger charge is 2.16. The number of hydrogen-bond acceptors (Lipinski definition) is 1. The van der Waals surface area contributed by atoms with Crippen LogP contribution >= 0.6 is 11.6 Å². The molecule has 1 fully saturated rings. The van der Waals surface area contributed by atoms with Gasteiger partial charge in [0.1, 0.15) is 0 Å². The van der Waals surface area contributed by atoms with Gasteiger partial charge in [0.05, 0.1) is 0 Å². The van der Waals surface area contributed by atoms with Crippen molar-refractivity contribution in [3.63, 3.8) is 0 Å². The second-order valence-electron chi connectivity index (χ2n) is 5.64. The van der Waals surface area contributed by atoms with E-state index >= 15 is 0 Å². The minimum atomic E-state index is 0.716. The Hall–Kier alpha value is -1.22. The molecule has 0 atom stereocenters. The largest absolute Gasteiger partial charge is 0.370 e. The van der Waals surface area contributed by atoms with Gasteiger partial charge in [-0.3, -0.25) is 4.99 Å². The molecule has 110 valence electrons. The van der Waals surface area contributed by atoms with Crippen LogP contribution in [-0.2, 0) is 6.42 Å². The fraction of sp³-hybridized carbons (Fsp3) is 0.562. The van der Waals surface area contributed by atoms with Gasteiger partial charge in [-0.15, -0.1) is 0 Å². The molecule has 1 heterocycles. The summed E-state index contributed by atoms with van der Waals surface area (Å²) in [5.41, 5.74) is 7.35. The maximum Gasteiger partial charge on any atom is 0.191 e. The van der Waals surface area contributed by atoms with E-state index in [9.17, 15) is 0 Å². The lowest BCUT2D eigenvalue weighted by Crippen LogP contribution is -2.42. The van der Waals surface area contributed by atoms with Crippen LogP contribution in [0.25, 0.3) is 0 Å². The molecule has 0 aromatic heterocycles. The van der Waals surface area contributed by atoms with Crippen molar-refractivity contribution in [1.29, 1.82) is 0 Å². The number of nitrogens with two attached hydrogens (primary N) is 1. The van der Waals surface area contributed by atoms with E-state index in [0.29, 0.717) is 5.96 Å². The molecule has 0 unspecified atom stereocenters. The van der Waals surface area contributed by atoms with Crippen LogP contribution in [0.5, 0.6) is 0 Å². The molecular formula is C16H24ClN3. The number of halogens is 1. The monoisotopic (exact) mass is 293 g/mol. The number of aryl methyl sites for hydroxylation is 1. The summed E-state index contributed by atoms with van der Waals surface area (Å²) in [4.78, 5) is 6.71. The average Bonchev–Trinajstić information content (AvgIpc) is 2.46. The molecule has 20 heavy (non-hydrogen) atoms. The van der Waals surface area contributed by atoms with Gasteiger partial charge < -0.3 is 10.6 Å². The highest BCUT2D eigenvalue weighted by atomic mass is 35.5. The van der Waals surface area contributed by atoms with Crippen molar-refractivity contribution in [3.05, 3.63) is 34.9 Å². The number of benzene rings is 1. The van der Waals surface area contributed by atoms with Gasteiger partial charge in [0.15, 0.2) is 5.96 Å². The third kappa shape index (κ3) is 4.71. The SMILES string of the molecule is CC1CCN(C(N)=NCCCc2ccc(Cl)cc2)CC1. The fourth-order valence-corrected chi connectivity index (χ4v) is 2.59. The van der Waals surface area contributed by atoms with E-state index < -0.39 is 0 Å². The molecule has 0 radical (unpaired) electrons. The Morgan fingerprint density at radius 1 is 1.30 bits per heavy atom. The van der Waals surface area contributed by atoms with Crippen molar-refractivity contribution in [3.8, 4) is 0 Å². The Balaban J connectivity index is 1.71. The summed E-state index contributed by atoms with van der Waals surface area (Å²) in [5.74, 6) is 1.54. The van der Waals surface area contributed by atoms with Crippen molar-refractivity contribution in [2.45, 2.75) is 32.6 Å². The molecule has 0 spiro atoms. The predicted molar refractivity (Wildman–Crippen MR) is 86.2 cm³/mol. The van der Waals surface area contributed by atoms with E-state index in [-0.39, 0.29) is 0 Å². The predicted octanol–water partition coefficient (Wildman–Crippen LogP) is 3.32. The van der Waals surface area contributed by atoms with E-state index in [4.69, 9.17) is 17.3 Å². The van der Waals surface area contributed by atoms with Crippen LogP contribution in [0, 0.1) is 5.92 Å². The summed E-state index contributed by atoms with van der Waals surface area (Å²) in [5, 5.41) is 0.787. The zero-order valence-electron chi connectivity index (χ0n) is 12.2. The zero-order valence-corrected chi connectivity index (χ0v) is 12.9. The minimum absolute atomic E-state index is 0.716. The number of piperidine rings is 1. The molecule has 1 aliphatic heterocycles. The van der Waals surface area contributed by atoms with Crippen molar-refractivity contribution in [2.75, 3.05) is 19.6 Å². The summed E-state index contributed by atoms with van der Waals surface area (Å²) in [6.07, 6.45) is 4.49. The molecule has 0 saturated carbocycles. The number of likely N-dealkylation sites (tertiary alicyclic amines) is 1. The van der Waals surface area contributed by atoms with Crippen LogP contribution in [0.4, 0.5) is 0 Å². The molecule has 2 rings (SSSR count). The first-order chi connectivity index (χ1) is 9.65. The average molecular weight is 294 g/mol. The van der Waals surface area contributed by atoms with Crippen LogP contribution in [0.2, 0.25) is 5.02 Å². The number of hydrogen-bond donors (Lipinski definition) is 1. The Morgan fingerprint density at radius 2 is 1.95 bits per heavy atom. The van der Waals surface area contributed by atoms with E-state index in [0.717, 1.165) is 43.4 Å². The van der Waals surface area contributed by atoms with Gasteiger partial charge >= 0.3 is 0 Å². The highest BCUT2D eigenvalue weighted by Crippen LogP contribution is 2.15. The summed E-state index contributed by atoms with van der Waals surface area (Å²) in [6.45, 7) is 5.19. The maximum atomic E-state index is 6.05. The molecule has 1 saturated heterocycles. The van der Waals surface area contributed by atoms with Gasteiger partial charge in [-0.25, -0.2) is 0 Å². The van der Waals surface area contributed by atoms with Crippen LogP contribution in [0.15, 0.2) is 29.3 Å². The number of guanidine groups is 1. The highest BCUT2D eigenvalue weighted by molar-refractivity contribution is 6.30. The summed E-state index contributed by atoms with van der Waals surface area (Å²) in [7, 11) is 0. The third-order valence-electron chi connectivity index (χ3n) is 3.92. The Morgan fingerprint density at radius 3 is 2.60 bits per heavy atom. The van der Waals surface area contributed by atoms with Crippen molar-refractivity contribution < 1.29 is 0 Å². The van der Waals surface area contributed by atoms with Gasteiger partial charge in [-0.2, -0.15) is 0 Å². The number of rotatable bonds is 4. The van der Waals surface area contributed by atoms with Crippen molar-refractivity contribution in [1.82, 2.24) is 4.90 Å². The summed E-state index contributed by atoms with van der Waals surface area (Å²) < 4.78 is 0. The van der Waals surface area contributed by atoms with Gasteiger partial charge in [-0.1, -0.05) is 30.7 Å². The summed E-state index contributed by atoms with van der Waals surface area (Å²) in [6, 6.07) is 8.01. The lowest BCUT2D eigenvalue weighted by Gasteiger charge is -2.31. The van der Waals surface area contributed by atoms with Crippen molar-refractivity contribution in [2.24, 2.45) is 16.6 Å². The van der Waals surface area contributed by atoms with Gasteiger partial charge in [0.25, 0.3) is 0 Å². The molecule has 3 nitrogen and oxygen atoms in total. The van der Waals surface area contributed by atoms with E-state index in [1.165, 1.54) is 18.4 Å². The molecular weight excluding hydrogens is 270 g/mol. The van der Waals surface area contributed by atoms with Gasteiger partial charge in [0, 0.05) is 24.7 Å². The lowest BCUT2D eigenvalue weighted by atomic mass is 10.00. The maximum absolute atomic E-state index is 6.05. The van der Waals surface area contributed by atoms with Crippen LogP contribution in [0.3, 0.4) is 0 Å². The smallest absolute Gasteiger partial charge is 0.191 e. The third-order valence-corrected chi connectivity index (χ3v) is 4.17. The molecule has 0 amide bonds. The van der Waals surface area contributed by atoms with Gasteiger partial charge in [0.2, 0.25) is 0 Å². The molecule has 1 aliphatic rings. The van der Waals surface area contributed by atoms with E-state index in [1.807, 2.05) is 12.1 Å². The Bertz CT molecular complexity index is 434. The molecule has 0 bridgehead atoms. The normalized spacial score (nSPS) is 17.5. The second kappa shape index (κ2) is 7.53. The molecule has 1 aromatic carbocycles. The van der Waals surface area contributed by atoms with Crippen LogP contribution in [-0.4, -0.2) is 30.5 Å². The standard InChI is InChI=1S/C16H24ClN3/c1-13-8-11-20(12-9-13)16(18)19-10-2-3-14-4-6-15(17)7-5-14/h4-7,13H,2-3,8-12H2,1H3,(H2,18,19). The van der Waals surface area contributed by atoms with E-state index in [1.54, 1.807) is 0 Å². The Kier molecular flexibility index (Phi) is 5.72. The van der Waals surface area contributed by atoms with Crippen LogP contribution < -0.4 is 5.73 Å². The minimum Gasteiger partial charge on any atom is -0.370 e. The lowest BCUT2D eigenvalue weighted by molar-refractivity contribution is 0.277. The summed E-state index contributed by atoms with van der Waals surface area (Å²) >= 11 is 5.87. The number of aliphatic imine (C=N–C) groups is 1. The first-order valence-electron chi connectivity index (χ1n) is 7.44. The first kappa shape index (κ1) is 15.2. The van der Waals surface area contributed by atoms with Gasteiger partial charge in [-0.05, 0) is 49.3 Å². The fourth-order valence-electron chi connectivity index (χ4n) is 2.47. The first-order valence-corrected chi connectivity index (χ1v) is 7.82. The Labute approximate surface area is 126 Å². The quantitative estimate of drug-likeness (QED) is 0.526. The van der Waals surface area contributed by atoms with E-state index in [2.05, 4.69) is 28.9 Å².